The van der Waals surface area contributed by atoms with Crippen molar-refractivity contribution in [2.75, 3.05) is 12.4 Å². The molecule has 0 atom stereocenters. The van der Waals surface area contributed by atoms with Crippen LogP contribution < -0.4 is 5.32 Å². The van der Waals surface area contributed by atoms with E-state index in [0.29, 0.717) is 16.6 Å². The summed E-state index contributed by atoms with van der Waals surface area (Å²) in [4.78, 5) is 16.5. The Balaban J connectivity index is 1.75. The van der Waals surface area contributed by atoms with Crippen LogP contribution in [-0.4, -0.2) is 23.1 Å². The molecule has 1 aromatic heterocycles. The van der Waals surface area contributed by atoms with Gasteiger partial charge in [-0.25, -0.2) is 9.78 Å². The fraction of sp³-hybridized carbons (Fsp3) is 0.0833. The molecule has 4 rings (SSSR count). The summed E-state index contributed by atoms with van der Waals surface area (Å²) >= 11 is 0. The third-order valence-corrected chi connectivity index (χ3v) is 4.88. The van der Waals surface area contributed by atoms with E-state index in [0.717, 1.165) is 27.9 Å². The highest BCUT2D eigenvalue weighted by molar-refractivity contribution is 6.04. The van der Waals surface area contributed by atoms with E-state index in [2.05, 4.69) is 22.4 Å². The first-order chi connectivity index (χ1) is 13.5. The van der Waals surface area contributed by atoms with Crippen molar-refractivity contribution in [3.8, 4) is 22.4 Å². The van der Waals surface area contributed by atoms with Gasteiger partial charge >= 0.3 is 5.97 Å². The summed E-state index contributed by atoms with van der Waals surface area (Å²) in [7, 11) is 1.90. The number of anilines is 1. The smallest absolute Gasteiger partial charge is 0.336 e. The average molecular weight is 368 g/mol. The lowest BCUT2D eigenvalue weighted by atomic mass is 10.00. The minimum atomic E-state index is -0.944. The zero-order valence-electron chi connectivity index (χ0n) is 15.7. The molecule has 0 amide bonds. The molecule has 0 aliphatic carbocycles. The lowest BCUT2D eigenvalue weighted by Gasteiger charge is -2.09. The molecule has 0 bridgehead atoms. The molecular formula is C24H20N2O2. The Morgan fingerprint density at radius 3 is 2.07 bits per heavy atom. The van der Waals surface area contributed by atoms with E-state index in [1.807, 2.05) is 68.6 Å². The molecule has 0 fully saturated rings. The molecule has 0 spiro atoms. The van der Waals surface area contributed by atoms with Crippen LogP contribution in [0.25, 0.3) is 33.3 Å². The number of benzene rings is 3. The lowest BCUT2D eigenvalue weighted by molar-refractivity contribution is 0.0699. The number of aromatic nitrogens is 1. The van der Waals surface area contributed by atoms with Gasteiger partial charge in [-0.15, -0.1) is 0 Å². The number of hydrogen-bond acceptors (Lipinski definition) is 3. The van der Waals surface area contributed by atoms with Gasteiger partial charge in [0.1, 0.15) is 0 Å². The number of hydrogen-bond donors (Lipinski definition) is 2. The SMILES string of the molecule is CNc1ccc(-c2ccc(-c3cc(C(=O)O)c4cc(C)ccc4n3)cc2)cc1. The Kier molecular flexibility index (Phi) is 4.53. The van der Waals surface area contributed by atoms with Crippen molar-refractivity contribution in [3.63, 3.8) is 0 Å². The third kappa shape index (κ3) is 3.32. The van der Waals surface area contributed by atoms with E-state index >= 15 is 0 Å². The Hall–Kier alpha value is -3.66. The van der Waals surface area contributed by atoms with Crippen molar-refractivity contribution < 1.29 is 9.90 Å². The molecule has 4 nitrogen and oxygen atoms in total. The molecule has 4 aromatic rings. The predicted molar refractivity (Wildman–Crippen MR) is 114 cm³/mol. The van der Waals surface area contributed by atoms with Crippen molar-refractivity contribution in [1.82, 2.24) is 4.98 Å². The maximum Gasteiger partial charge on any atom is 0.336 e. The van der Waals surface area contributed by atoms with Gasteiger partial charge in [-0.2, -0.15) is 0 Å². The highest BCUT2D eigenvalue weighted by atomic mass is 16.4. The molecule has 2 N–H and O–H groups in total. The maximum atomic E-state index is 11.8. The second kappa shape index (κ2) is 7.16. The van der Waals surface area contributed by atoms with Gasteiger partial charge in [0.25, 0.3) is 0 Å². The van der Waals surface area contributed by atoms with Crippen molar-refractivity contribution in [3.05, 3.63) is 83.9 Å². The summed E-state index contributed by atoms with van der Waals surface area (Å²) in [6.45, 7) is 1.95. The van der Waals surface area contributed by atoms with Crippen LogP contribution in [0.15, 0.2) is 72.8 Å². The van der Waals surface area contributed by atoms with Gasteiger partial charge in [0, 0.05) is 23.7 Å². The fourth-order valence-corrected chi connectivity index (χ4v) is 3.33. The summed E-state index contributed by atoms with van der Waals surface area (Å²) in [5.41, 5.74) is 6.81. The van der Waals surface area contributed by atoms with E-state index in [4.69, 9.17) is 0 Å². The number of aryl methyl sites for hydroxylation is 1. The van der Waals surface area contributed by atoms with Crippen LogP contribution in [0.1, 0.15) is 15.9 Å². The van der Waals surface area contributed by atoms with Gasteiger partial charge in [-0.3, -0.25) is 0 Å². The highest BCUT2D eigenvalue weighted by Crippen LogP contribution is 2.28. The Morgan fingerprint density at radius 1 is 0.857 bits per heavy atom. The average Bonchev–Trinajstić information content (AvgIpc) is 2.73. The number of carbonyl (C=O) groups is 1. The molecule has 4 heteroatoms. The third-order valence-electron chi connectivity index (χ3n) is 4.88. The van der Waals surface area contributed by atoms with Crippen LogP contribution in [0, 0.1) is 6.92 Å². The summed E-state index contributed by atoms with van der Waals surface area (Å²) in [6, 6.07) is 23.6. The van der Waals surface area contributed by atoms with Crippen LogP contribution in [-0.2, 0) is 0 Å². The van der Waals surface area contributed by atoms with E-state index in [-0.39, 0.29) is 5.56 Å². The number of carboxylic acids is 1. The first-order valence-electron chi connectivity index (χ1n) is 9.08. The van der Waals surface area contributed by atoms with E-state index < -0.39 is 5.97 Å². The number of carboxylic acid groups (broad SMARTS) is 1. The number of rotatable bonds is 4. The molecule has 0 saturated heterocycles. The molecule has 1 heterocycles. The van der Waals surface area contributed by atoms with Crippen LogP contribution in [0.3, 0.4) is 0 Å². The molecule has 0 aliphatic heterocycles. The van der Waals surface area contributed by atoms with Crippen molar-refractivity contribution >= 4 is 22.6 Å². The monoisotopic (exact) mass is 368 g/mol. The zero-order chi connectivity index (χ0) is 19.7. The van der Waals surface area contributed by atoms with Gasteiger partial charge in [-0.1, -0.05) is 48.0 Å². The van der Waals surface area contributed by atoms with Gasteiger partial charge in [0.05, 0.1) is 16.8 Å². The molecular weight excluding hydrogens is 348 g/mol. The van der Waals surface area contributed by atoms with E-state index in [1.54, 1.807) is 6.07 Å². The Labute approximate surface area is 163 Å². The molecule has 138 valence electrons. The minimum absolute atomic E-state index is 0.274. The molecule has 3 aromatic carbocycles. The maximum absolute atomic E-state index is 11.8. The molecule has 28 heavy (non-hydrogen) atoms. The highest BCUT2D eigenvalue weighted by Gasteiger charge is 2.13. The molecule has 0 saturated carbocycles. The fourth-order valence-electron chi connectivity index (χ4n) is 3.33. The predicted octanol–water partition coefficient (Wildman–Crippen LogP) is 5.62. The first-order valence-corrected chi connectivity index (χ1v) is 9.08. The zero-order valence-corrected chi connectivity index (χ0v) is 15.7. The van der Waals surface area contributed by atoms with Crippen LogP contribution in [0.5, 0.6) is 0 Å². The lowest BCUT2D eigenvalue weighted by Crippen LogP contribution is -2.00. The number of fused-ring (bicyclic) bond motifs is 1. The van der Waals surface area contributed by atoms with Gasteiger partial charge < -0.3 is 10.4 Å². The van der Waals surface area contributed by atoms with Crippen molar-refractivity contribution in [1.29, 1.82) is 0 Å². The number of nitrogens with one attached hydrogen (secondary N) is 1. The summed E-state index contributed by atoms with van der Waals surface area (Å²) < 4.78 is 0. The number of aromatic carboxylic acids is 1. The summed E-state index contributed by atoms with van der Waals surface area (Å²) in [6.07, 6.45) is 0. The van der Waals surface area contributed by atoms with Crippen molar-refractivity contribution in [2.45, 2.75) is 6.92 Å². The Morgan fingerprint density at radius 2 is 1.46 bits per heavy atom. The quantitative estimate of drug-likeness (QED) is 0.491. The molecule has 0 radical (unpaired) electrons. The number of pyridine rings is 1. The van der Waals surface area contributed by atoms with Gasteiger partial charge in [0.2, 0.25) is 0 Å². The van der Waals surface area contributed by atoms with Crippen molar-refractivity contribution in [2.24, 2.45) is 0 Å². The Bertz CT molecular complexity index is 1160. The minimum Gasteiger partial charge on any atom is -0.478 e. The summed E-state index contributed by atoms with van der Waals surface area (Å²) in [5, 5.41) is 13.4. The van der Waals surface area contributed by atoms with Gasteiger partial charge in [0.15, 0.2) is 0 Å². The van der Waals surface area contributed by atoms with E-state index in [9.17, 15) is 9.90 Å². The second-order valence-electron chi connectivity index (χ2n) is 6.79. The normalized spacial score (nSPS) is 10.8. The van der Waals surface area contributed by atoms with Crippen LogP contribution in [0.4, 0.5) is 5.69 Å². The van der Waals surface area contributed by atoms with Gasteiger partial charge in [-0.05, 0) is 48.4 Å². The van der Waals surface area contributed by atoms with Crippen LogP contribution in [0.2, 0.25) is 0 Å². The van der Waals surface area contributed by atoms with Crippen LogP contribution >= 0.6 is 0 Å². The topological polar surface area (TPSA) is 62.2 Å². The van der Waals surface area contributed by atoms with E-state index in [1.165, 1.54) is 0 Å². The largest absolute Gasteiger partial charge is 0.478 e. The number of nitrogens with zero attached hydrogens (tertiary/aromatic N) is 1. The molecule has 0 unspecified atom stereocenters. The molecule has 0 aliphatic rings. The second-order valence-corrected chi connectivity index (χ2v) is 6.79. The first kappa shape index (κ1) is 17.7. The summed E-state index contributed by atoms with van der Waals surface area (Å²) in [5.74, 6) is -0.944. The standard InChI is InChI=1S/C24H20N2O2/c1-15-3-12-22-20(13-15)21(24(27)28)14-23(26-22)18-6-4-16(5-7-18)17-8-10-19(25-2)11-9-17/h3-14,25H,1-2H3,(H,27,28).